The summed E-state index contributed by atoms with van der Waals surface area (Å²) in [6.45, 7) is 4.39. The Kier molecular flexibility index (Phi) is 1.93. The molecular formula is C14H18N2. The van der Waals surface area contributed by atoms with Gasteiger partial charge in [0.25, 0.3) is 0 Å². The van der Waals surface area contributed by atoms with Crippen LogP contribution < -0.4 is 11.1 Å². The molecule has 3 N–H and O–H groups in total. The maximum atomic E-state index is 6.33. The van der Waals surface area contributed by atoms with Crippen LogP contribution in [0.5, 0.6) is 0 Å². The van der Waals surface area contributed by atoms with Crippen molar-refractivity contribution in [3.63, 3.8) is 0 Å². The van der Waals surface area contributed by atoms with E-state index in [2.05, 4.69) is 49.5 Å². The molecule has 1 aromatic rings. The Hall–Kier alpha value is -1.28. The van der Waals surface area contributed by atoms with E-state index in [1.54, 1.807) is 0 Å². The molecule has 0 amide bonds. The van der Waals surface area contributed by atoms with E-state index in [1.165, 1.54) is 16.8 Å². The van der Waals surface area contributed by atoms with Gasteiger partial charge in [-0.05, 0) is 30.9 Å². The van der Waals surface area contributed by atoms with Crippen molar-refractivity contribution in [2.45, 2.75) is 31.8 Å². The lowest BCUT2D eigenvalue weighted by Crippen LogP contribution is -2.51. The molecule has 0 bridgehead atoms. The first-order valence-electron chi connectivity index (χ1n) is 5.94. The van der Waals surface area contributed by atoms with Gasteiger partial charge >= 0.3 is 0 Å². The molecule has 1 aliphatic heterocycles. The van der Waals surface area contributed by atoms with Crippen molar-refractivity contribution in [1.82, 2.24) is 0 Å². The molecule has 0 fully saturated rings. The van der Waals surface area contributed by atoms with Gasteiger partial charge in [-0.3, -0.25) is 0 Å². The first-order valence-corrected chi connectivity index (χ1v) is 5.94. The van der Waals surface area contributed by atoms with Gasteiger partial charge < -0.3 is 11.1 Å². The number of fused-ring (bicyclic) bond motifs is 3. The zero-order chi connectivity index (χ0) is 11.3. The van der Waals surface area contributed by atoms with Crippen molar-refractivity contribution in [3.8, 4) is 0 Å². The number of nitrogens with two attached hydrogens (primary N) is 1. The molecule has 1 aromatic carbocycles. The molecule has 0 aromatic heterocycles. The van der Waals surface area contributed by atoms with Crippen molar-refractivity contribution in [2.75, 3.05) is 5.32 Å². The Balaban J connectivity index is 2.07. The van der Waals surface area contributed by atoms with E-state index in [-0.39, 0.29) is 5.54 Å². The second-order valence-corrected chi connectivity index (χ2v) is 5.33. The molecule has 0 radical (unpaired) electrons. The third-order valence-corrected chi connectivity index (χ3v) is 4.19. The van der Waals surface area contributed by atoms with Crippen molar-refractivity contribution < 1.29 is 0 Å². The van der Waals surface area contributed by atoms with Gasteiger partial charge in [-0.25, -0.2) is 0 Å². The number of benzene rings is 1. The Labute approximate surface area is 96.5 Å². The molecule has 0 saturated carbocycles. The molecule has 16 heavy (non-hydrogen) atoms. The van der Waals surface area contributed by atoms with Crippen LogP contribution in [-0.2, 0) is 0 Å². The van der Waals surface area contributed by atoms with Gasteiger partial charge in [-0.15, -0.1) is 0 Å². The summed E-state index contributed by atoms with van der Waals surface area (Å²) >= 11 is 0. The Bertz CT molecular complexity index is 460. The van der Waals surface area contributed by atoms with Gasteiger partial charge in [-0.1, -0.05) is 31.2 Å². The first kappa shape index (κ1) is 9.91. The fourth-order valence-electron chi connectivity index (χ4n) is 2.80. The Morgan fingerprint density at radius 1 is 1.38 bits per heavy atom. The van der Waals surface area contributed by atoms with Gasteiger partial charge in [0, 0.05) is 16.8 Å². The summed E-state index contributed by atoms with van der Waals surface area (Å²) < 4.78 is 0. The first-order chi connectivity index (χ1) is 7.59. The van der Waals surface area contributed by atoms with Crippen LogP contribution >= 0.6 is 0 Å². The quantitative estimate of drug-likeness (QED) is 0.696. The van der Waals surface area contributed by atoms with E-state index in [0.29, 0.717) is 12.0 Å². The Morgan fingerprint density at radius 2 is 2.12 bits per heavy atom. The van der Waals surface area contributed by atoms with Crippen LogP contribution in [0.2, 0.25) is 0 Å². The number of para-hydroxylation sites is 1. The number of nitrogens with one attached hydrogen (secondary N) is 1. The molecule has 1 aliphatic carbocycles. The van der Waals surface area contributed by atoms with E-state index >= 15 is 0 Å². The van der Waals surface area contributed by atoms with Crippen molar-refractivity contribution in [3.05, 3.63) is 35.9 Å². The zero-order valence-electron chi connectivity index (χ0n) is 9.83. The highest BCUT2D eigenvalue weighted by molar-refractivity contribution is 5.87. The standard InChI is InChI=1S/C14H18N2/c1-9-13-11(7-8-14(9,2)15)10-5-3-4-6-12(10)16-13/h3-7,9,13,16H,8,15H2,1-2H3. The molecule has 2 nitrogen and oxygen atoms in total. The summed E-state index contributed by atoms with van der Waals surface area (Å²) in [4.78, 5) is 0. The van der Waals surface area contributed by atoms with Crippen LogP contribution in [0, 0.1) is 5.92 Å². The van der Waals surface area contributed by atoms with Gasteiger partial charge in [0.2, 0.25) is 0 Å². The molecule has 84 valence electrons. The second kappa shape index (κ2) is 3.11. The van der Waals surface area contributed by atoms with E-state index in [9.17, 15) is 0 Å². The smallest absolute Gasteiger partial charge is 0.0560 e. The third kappa shape index (κ3) is 1.23. The van der Waals surface area contributed by atoms with Crippen molar-refractivity contribution in [2.24, 2.45) is 11.7 Å². The van der Waals surface area contributed by atoms with Crippen LogP contribution in [0.1, 0.15) is 25.8 Å². The summed E-state index contributed by atoms with van der Waals surface area (Å²) in [6, 6.07) is 8.91. The van der Waals surface area contributed by atoms with Gasteiger partial charge in [0.1, 0.15) is 0 Å². The van der Waals surface area contributed by atoms with Crippen LogP contribution in [-0.4, -0.2) is 11.6 Å². The molecule has 0 spiro atoms. The fraction of sp³-hybridized carbons (Fsp3) is 0.429. The predicted octanol–water partition coefficient (Wildman–Crippen LogP) is 2.62. The number of hydrogen-bond acceptors (Lipinski definition) is 2. The topological polar surface area (TPSA) is 38.0 Å². The molecule has 1 heterocycles. The van der Waals surface area contributed by atoms with E-state index < -0.39 is 0 Å². The van der Waals surface area contributed by atoms with Crippen LogP contribution in [0.3, 0.4) is 0 Å². The number of rotatable bonds is 0. The number of hydrogen-bond donors (Lipinski definition) is 2. The van der Waals surface area contributed by atoms with Gasteiger partial charge in [0.05, 0.1) is 6.04 Å². The van der Waals surface area contributed by atoms with Crippen LogP contribution in [0.4, 0.5) is 5.69 Å². The van der Waals surface area contributed by atoms with Gasteiger partial charge in [-0.2, -0.15) is 0 Å². The minimum atomic E-state index is -0.0940. The largest absolute Gasteiger partial charge is 0.377 e. The third-order valence-electron chi connectivity index (χ3n) is 4.19. The SMILES string of the molecule is CC1C2Nc3ccccc3C2=CCC1(C)N. The van der Waals surface area contributed by atoms with Crippen LogP contribution in [0.15, 0.2) is 30.3 Å². The summed E-state index contributed by atoms with van der Waals surface area (Å²) in [5, 5.41) is 3.59. The second-order valence-electron chi connectivity index (χ2n) is 5.33. The molecule has 0 saturated heterocycles. The maximum Gasteiger partial charge on any atom is 0.0560 e. The summed E-state index contributed by atoms with van der Waals surface area (Å²) in [5.41, 5.74) is 10.3. The lowest BCUT2D eigenvalue weighted by atomic mass is 9.73. The van der Waals surface area contributed by atoms with Crippen LogP contribution in [0.25, 0.3) is 5.57 Å². The monoisotopic (exact) mass is 214 g/mol. The predicted molar refractivity (Wildman–Crippen MR) is 68.2 cm³/mol. The average Bonchev–Trinajstić information content (AvgIpc) is 2.63. The van der Waals surface area contributed by atoms with Crippen molar-refractivity contribution >= 4 is 11.3 Å². The highest BCUT2D eigenvalue weighted by Gasteiger charge is 2.41. The van der Waals surface area contributed by atoms with Crippen molar-refractivity contribution in [1.29, 1.82) is 0 Å². The summed E-state index contributed by atoms with van der Waals surface area (Å²) in [7, 11) is 0. The average molecular weight is 214 g/mol. The fourth-order valence-corrected chi connectivity index (χ4v) is 2.80. The molecule has 2 aliphatic rings. The zero-order valence-corrected chi connectivity index (χ0v) is 9.83. The molecule has 3 atom stereocenters. The van der Waals surface area contributed by atoms with E-state index in [0.717, 1.165) is 6.42 Å². The lowest BCUT2D eigenvalue weighted by molar-refractivity contribution is 0.300. The van der Waals surface area contributed by atoms with E-state index in [1.807, 2.05) is 0 Å². The van der Waals surface area contributed by atoms with E-state index in [4.69, 9.17) is 5.73 Å². The Morgan fingerprint density at radius 3 is 2.94 bits per heavy atom. The van der Waals surface area contributed by atoms with Gasteiger partial charge in [0.15, 0.2) is 0 Å². The molecule has 3 rings (SSSR count). The highest BCUT2D eigenvalue weighted by atomic mass is 15.0. The normalized spacial score (nSPS) is 36.1. The maximum absolute atomic E-state index is 6.33. The summed E-state index contributed by atoms with van der Waals surface area (Å²) in [6.07, 6.45) is 3.28. The number of anilines is 1. The molecule has 2 heteroatoms. The summed E-state index contributed by atoms with van der Waals surface area (Å²) in [5.74, 6) is 0.458. The minimum absolute atomic E-state index is 0.0940. The lowest BCUT2D eigenvalue weighted by Gasteiger charge is -2.39. The minimum Gasteiger partial charge on any atom is -0.377 e. The molecular weight excluding hydrogens is 196 g/mol. The highest BCUT2D eigenvalue weighted by Crippen LogP contribution is 2.44. The molecule has 3 unspecified atom stereocenters.